The third kappa shape index (κ3) is 2.35. The van der Waals surface area contributed by atoms with Crippen LogP contribution in [0.15, 0.2) is 42.7 Å². The molecule has 0 spiro atoms. The molecule has 0 fully saturated rings. The third-order valence-corrected chi connectivity index (χ3v) is 3.29. The normalized spacial score (nSPS) is 10.5. The van der Waals surface area contributed by atoms with E-state index in [-0.39, 0.29) is 11.4 Å². The zero-order chi connectivity index (χ0) is 15.7. The Morgan fingerprint density at radius 2 is 1.95 bits per heavy atom. The van der Waals surface area contributed by atoms with Crippen LogP contribution in [0.4, 0.5) is 10.6 Å². The maximum atomic E-state index is 11.6. The Morgan fingerprint density at radius 1 is 1.14 bits per heavy atom. The number of benzene rings is 1. The molecule has 2 heterocycles. The molecule has 0 radical (unpaired) electrons. The minimum atomic E-state index is -0.776. The largest absolute Gasteiger partial charge is 0.365 e. The van der Waals surface area contributed by atoms with Crippen molar-refractivity contribution in [3.8, 4) is 11.1 Å². The average molecular weight is 295 g/mol. The van der Waals surface area contributed by atoms with Crippen LogP contribution < -0.4 is 16.8 Å². The number of H-pyrrole nitrogens is 1. The van der Waals surface area contributed by atoms with Gasteiger partial charge in [0.25, 0.3) is 5.91 Å². The van der Waals surface area contributed by atoms with Gasteiger partial charge >= 0.3 is 6.03 Å². The SMILES string of the molecule is NC(=O)Nc1[nH]c2cc(-c3cccnc3)ccc2c1C(N)=O. The van der Waals surface area contributed by atoms with Gasteiger partial charge in [-0.2, -0.15) is 0 Å². The summed E-state index contributed by atoms with van der Waals surface area (Å²) in [7, 11) is 0. The van der Waals surface area contributed by atoms with E-state index in [4.69, 9.17) is 11.5 Å². The lowest BCUT2D eigenvalue weighted by Gasteiger charge is -2.01. The maximum Gasteiger partial charge on any atom is 0.317 e. The van der Waals surface area contributed by atoms with E-state index in [1.807, 2.05) is 24.3 Å². The van der Waals surface area contributed by atoms with Crippen LogP contribution in [-0.4, -0.2) is 21.9 Å². The van der Waals surface area contributed by atoms with Gasteiger partial charge in [0.15, 0.2) is 0 Å². The molecule has 0 unspecified atom stereocenters. The molecule has 0 aliphatic rings. The topological polar surface area (TPSA) is 127 Å². The first-order valence-corrected chi connectivity index (χ1v) is 6.48. The molecule has 3 aromatic rings. The highest BCUT2D eigenvalue weighted by atomic mass is 16.2. The summed E-state index contributed by atoms with van der Waals surface area (Å²) >= 11 is 0. The summed E-state index contributed by atoms with van der Waals surface area (Å²) < 4.78 is 0. The molecule has 7 nitrogen and oxygen atoms in total. The molecule has 110 valence electrons. The smallest absolute Gasteiger partial charge is 0.317 e. The van der Waals surface area contributed by atoms with E-state index in [2.05, 4.69) is 15.3 Å². The van der Waals surface area contributed by atoms with E-state index in [1.165, 1.54) is 0 Å². The van der Waals surface area contributed by atoms with Crippen molar-refractivity contribution in [1.29, 1.82) is 0 Å². The summed E-state index contributed by atoms with van der Waals surface area (Å²) in [5, 5.41) is 2.99. The number of carbonyl (C=O) groups is 2. The van der Waals surface area contributed by atoms with Gasteiger partial charge in [-0.05, 0) is 17.7 Å². The number of primary amides is 2. The second-order valence-corrected chi connectivity index (χ2v) is 4.73. The van der Waals surface area contributed by atoms with Gasteiger partial charge in [-0.1, -0.05) is 18.2 Å². The molecule has 0 aliphatic carbocycles. The number of nitrogens with zero attached hydrogens (tertiary/aromatic N) is 1. The second-order valence-electron chi connectivity index (χ2n) is 4.73. The highest BCUT2D eigenvalue weighted by Gasteiger charge is 2.17. The van der Waals surface area contributed by atoms with Crippen LogP contribution in [0.2, 0.25) is 0 Å². The fourth-order valence-corrected chi connectivity index (χ4v) is 2.38. The quantitative estimate of drug-likeness (QED) is 0.588. The van der Waals surface area contributed by atoms with Gasteiger partial charge in [-0.15, -0.1) is 0 Å². The monoisotopic (exact) mass is 295 g/mol. The van der Waals surface area contributed by atoms with Crippen molar-refractivity contribution in [1.82, 2.24) is 9.97 Å². The number of hydrogen-bond donors (Lipinski definition) is 4. The fourth-order valence-electron chi connectivity index (χ4n) is 2.38. The van der Waals surface area contributed by atoms with E-state index in [0.717, 1.165) is 11.1 Å². The molecule has 0 saturated carbocycles. The van der Waals surface area contributed by atoms with Gasteiger partial charge in [0.1, 0.15) is 5.82 Å². The number of fused-ring (bicyclic) bond motifs is 1. The Bertz CT molecular complexity index is 870. The number of pyridine rings is 1. The number of nitrogens with one attached hydrogen (secondary N) is 2. The number of anilines is 1. The maximum absolute atomic E-state index is 11.6. The zero-order valence-electron chi connectivity index (χ0n) is 11.5. The van der Waals surface area contributed by atoms with Crippen molar-refractivity contribution >= 4 is 28.7 Å². The van der Waals surface area contributed by atoms with Crippen LogP contribution in [0.3, 0.4) is 0 Å². The molecular weight excluding hydrogens is 282 g/mol. The van der Waals surface area contributed by atoms with Gasteiger partial charge in [0, 0.05) is 28.9 Å². The van der Waals surface area contributed by atoms with Crippen LogP contribution in [0.25, 0.3) is 22.0 Å². The number of urea groups is 1. The molecule has 0 atom stereocenters. The van der Waals surface area contributed by atoms with Gasteiger partial charge in [0.05, 0.1) is 5.56 Å². The Kier molecular flexibility index (Phi) is 3.23. The molecule has 7 heteroatoms. The number of carbonyl (C=O) groups excluding carboxylic acids is 2. The lowest BCUT2D eigenvalue weighted by molar-refractivity contribution is 0.100. The molecule has 22 heavy (non-hydrogen) atoms. The summed E-state index contributed by atoms with van der Waals surface area (Å²) in [6.45, 7) is 0. The first kappa shape index (κ1) is 13.6. The van der Waals surface area contributed by atoms with E-state index >= 15 is 0 Å². The number of rotatable bonds is 3. The molecule has 3 rings (SSSR count). The van der Waals surface area contributed by atoms with Crippen molar-refractivity contribution in [2.75, 3.05) is 5.32 Å². The number of amides is 3. The van der Waals surface area contributed by atoms with Gasteiger partial charge in [0.2, 0.25) is 0 Å². The van der Waals surface area contributed by atoms with Crippen molar-refractivity contribution < 1.29 is 9.59 Å². The first-order valence-electron chi connectivity index (χ1n) is 6.48. The molecule has 6 N–H and O–H groups in total. The van der Waals surface area contributed by atoms with E-state index in [0.29, 0.717) is 10.9 Å². The first-order chi connectivity index (χ1) is 10.6. The summed E-state index contributed by atoms with van der Waals surface area (Å²) in [5.41, 5.74) is 13.2. The summed E-state index contributed by atoms with van der Waals surface area (Å²) in [6, 6.07) is 8.46. The van der Waals surface area contributed by atoms with Crippen LogP contribution in [0, 0.1) is 0 Å². The molecule has 0 bridgehead atoms. The Labute approximate surface area is 125 Å². The molecule has 2 aromatic heterocycles. The van der Waals surface area contributed by atoms with Crippen molar-refractivity contribution in [3.63, 3.8) is 0 Å². The third-order valence-electron chi connectivity index (χ3n) is 3.29. The predicted molar refractivity (Wildman–Crippen MR) is 83.3 cm³/mol. The van der Waals surface area contributed by atoms with E-state index in [1.54, 1.807) is 18.5 Å². The number of aromatic amines is 1. The molecule has 1 aromatic carbocycles. The minimum absolute atomic E-state index is 0.193. The van der Waals surface area contributed by atoms with Crippen molar-refractivity contribution in [3.05, 3.63) is 48.3 Å². The fraction of sp³-hybridized carbons (Fsp3) is 0. The Balaban J connectivity index is 2.17. The summed E-state index contributed by atoms with van der Waals surface area (Å²) in [6.07, 6.45) is 3.43. The molecular formula is C15H13N5O2. The number of aromatic nitrogens is 2. The lowest BCUT2D eigenvalue weighted by Crippen LogP contribution is -2.22. The van der Waals surface area contributed by atoms with Gasteiger partial charge < -0.3 is 16.5 Å². The van der Waals surface area contributed by atoms with Crippen molar-refractivity contribution in [2.24, 2.45) is 11.5 Å². The van der Waals surface area contributed by atoms with E-state index in [9.17, 15) is 9.59 Å². The standard InChI is InChI=1S/C15H13N5O2/c16-13(21)12-10-4-3-8(9-2-1-5-18-7-9)6-11(10)19-14(12)20-15(17)22/h1-7,19H,(H2,16,21)(H3,17,20,22). The van der Waals surface area contributed by atoms with Gasteiger partial charge in [-0.3, -0.25) is 15.1 Å². The van der Waals surface area contributed by atoms with Gasteiger partial charge in [-0.25, -0.2) is 4.79 Å². The molecule has 0 saturated heterocycles. The van der Waals surface area contributed by atoms with Crippen LogP contribution >= 0.6 is 0 Å². The number of hydrogen-bond acceptors (Lipinski definition) is 3. The average Bonchev–Trinajstić information content (AvgIpc) is 2.84. The molecule has 3 amide bonds. The summed E-state index contributed by atoms with van der Waals surface area (Å²) in [5.74, 6) is -0.456. The Morgan fingerprint density at radius 3 is 2.59 bits per heavy atom. The summed E-state index contributed by atoms with van der Waals surface area (Å²) in [4.78, 5) is 29.7. The van der Waals surface area contributed by atoms with Crippen molar-refractivity contribution in [2.45, 2.75) is 0 Å². The van der Waals surface area contributed by atoms with E-state index < -0.39 is 11.9 Å². The minimum Gasteiger partial charge on any atom is -0.365 e. The lowest BCUT2D eigenvalue weighted by atomic mass is 10.0. The Hall–Kier alpha value is -3.35. The van der Waals surface area contributed by atoms with Crippen LogP contribution in [-0.2, 0) is 0 Å². The predicted octanol–water partition coefficient (Wildman–Crippen LogP) is 1.82. The molecule has 0 aliphatic heterocycles. The number of nitrogens with two attached hydrogens (primary N) is 2. The van der Waals surface area contributed by atoms with Crippen LogP contribution in [0.5, 0.6) is 0 Å². The highest BCUT2D eigenvalue weighted by molar-refractivity contribution is 6.13. The second kappa shape index (κ2) is 5.21. The zero-order valence-corrected chi connectivity index (χ0v) is 11.5. The highest BCUT2D eigenvalue weighted by Crippen LogP contribution is 2.29. The van der Waals surface area contributed by atoms with Crippen LogP contribution in [0.1, 0.15) is 10.4 Å².